The van der Waals surface area contributed by atoms with Gasteiger partial charge in [0.2, 0.25) is 0 Å². The quantitative estimate of drug-likeness (QED) is 0.771. The summed E-state index contributed by atoms with van der Waals surface area (Å²) in [5.41, 5.74) is -0.731. The molecule has 98 valence electrons. The van der Waals surface area contributed by atoms with Gasteiger partial charge in [0.05, 0.1) is 12.0 Å². The van der Waals surface area contributed by atoms with Crippen molar-refractivity contribution >= 4 is 5.97 Å². The monoisotopic (exact) mass is 251 g/mol. The van der Waals surface area contributed by atoms with Crippen molar-refractivity contribution in [2.24, 2.45) is 0 Å². The Morgan fingerprint density at radius 1 is 1.39 bits per heavy atom. The molecular formula is C15H21NO2. The van der Waals surface area contributed by atoms with Gasteiger partial charge < -0.3 is 9.64 Å². The molecule has 1 saturated heterocycles. The van der Waals surface area contributed by atoms with Gasteiger partial charge in [-0.25, -0.2) is 0 Å². The van der Waals surface area contributed by atoms with Crippen LogP contribution in [0.3, 0.4) is 0 Å². The predicted octanol–water partition coefficient (Wildman–Crippen LogP) is 2.21. The smallest absolute Gasteiger partial charge is 0.316 e. The van der Waals surface area contributed by atoms with Gasteiger partial charge in [0.15, 0.2) is 0 Å². The Hall–Kier alpha value is -1.35. The Kier molecular flexibility index (Phi) is 2.67. The summed E-state index contributed by atoms with van der Waals surface area (Å²) in [5.74, 6) is -0.568. The largest absolute Gasteiger partial charge is 0.465 e. The first-order valence-corrected chi connectivity index (χ1v) is 6.12. The number of carbonyl (C=O) groups is 1. The Balaban J connectivity index is 2.57. The van der Waals surface area contributed by atoms with Crippen LogP contribution in [0.25, 0.3) is 0 Å². The number of hydrogen-bond donors (Lipinski definition) is 0. The molecule has 1 aliphatic rings. The highest BCUT2D eigenvalue weighted by molar-refractivity contribution is 5.83. The van der Waals surface area contributed by atoms with E-state index >= 15 is 0 Å². The van der Waals surface area contributed by atoms with Gasteiger partial charge in [-0.2, -0.15) is 0 Å². The van der Waals surface area contributed by atoms with E-state index in [-0.39, 0.29) is 19.4 Å². The van der Waals surface area contributed by atoms with E-state index in [0.717, 1.165) is 4.90 Å². The molecule has 3 nitrogen and oxygen atoms in total. The lowest BCUT2D eigenvalue weighted by molar-refractivity contribution is -0.152. The summed E-state index contributed by atoms with van der Waals surface area (Å²) >= 11 is 0. The molecule has 0 bridgehead atoms. The van der Waals surface area contributed by atoms with Crippen LogP contribution in [0.15, 0.2) is 30.3 Å². The standard InChI is InChI=1S/C15H21NO2/c1-3-18-14(17)15(9-11-16(2)12-10-15)13-7-5-4-6-8-13/h4-8H,3,9-12H2,1-2H3/i11D2,12D2. The first-order valence-electron chi connectivity index (χ1n) is 8.12. The van der Waals surface area contributed by atoms with Gasteiger partial charge >= 0.3 is 5.97 Å². The van der Waals surface area contributed by atoms with Gasteiger partial charge in [-0.3, -0.25) is 4.79 Å². The molecule has 0 N–H and O–H groups in total. The summed E-state index contributed by atoms with van der Waals surface area (Å²) in [6.45, 7) is -2.04. The van der Waals surface area contributed by atoms with Crippen molar-refractivity contribution in [2.45, 2.75) is 25.2 Å². The van der Waals surface area contributed by atoms with Gasteiger partial charge in [0, 0.05) is 5.48 Å². The van der Waals surface area contributed by atoms with Crippen LogP contribution in [0, 0.1) is 0 Å². The van der Waals surface area contributed by atoms with Crippen LogP contribution in [-0.2, 0) is 14.9 Å². The van der Waals surface area contributed by atoms with Gasteiger partial charge in [0.25, 0.3) is 0 Å². The summed E-state index contributed by atoms with van der Waals surface area (Å²) < 4.78 is 37.8. The van der Waals surface area contributed by atoms with Crippen molar-refractivity contribution in [3.8, 4) is 0 Å². The molecule has 0 amide bonds. The minimum absolute atomic E-state index is 0.140. The third kappa shape index (κ3) is 2.41. The van der Waals surface area contributed by atoms with Gasteiger partial charge in [-0.1, -0.05) is 30.3 Å². The highest BCUT2D eigenvalue weighted by Gasteiger charge is 2.43. The Morgan fingerprint density at radius 2 is 2.00 bits per heavy atom. The highest BCUT2D eigenvalue weighted by Crippen LogP contribution is 2.36. The molecule has 1 heterocycles. The summed E-state index contributed by atoms with van der Waals surface area (Å²) in [5, 5.41) is 0. The molecule has 1 aromatic carbocycles. The fourth-order valence-electron chi connectivity index (χ4n) is 2.12. The molecule has 1 aromatic rings. The number of piperidine rings is 1. The van der Waals surface area contributed by atoms with E-state index in [0.29, 0.717) is 5.56 Å². The van der Waals surface area contributed by atoms with Crippen LogP contribution in [0.1, 0.15) is 30.8 Å². The highest BCUT2D eigenvalue weighted by atomic mass is 16.5. The van der Waals surface area contributed by atoms with Crippen LogP contribution < -0.4 is 0 Å². The lowest BCUT2D eigenvalue weighted by atomic mass is 9.73. The van der Waals surface area contributed by atoms with Crippen molar-refractivity contribution < 1.29 is 15.0 Å². The Bertz CT molecular complexity index is 530. The lowest BCUT2D eigenvalue weighted by Gasteiger charge is -2.38. The number of esters is 1. The topological polar surface area (TPSA) is 29.5 Å². The average molecular weight is 251 g/mol. The second kappa shape index (κ2) is 5.53. The molecule has 0 saturated carbocycles. The van der Waals surface area contributed by atoms with E-state index < -0.39 is 24.4 Å². The number of rotatable bonds is 3. The van der Waals surface area contributed by atoms with Crippen molar-refractivity contribution in [1.82, 2.24) is 4.90 Å². The maximum Gasteiger partial charge on any atom is 0.316 e. The number of hydrogen-bond acceptors (Lipinski definition) is 3. The predicted molar refractivity (Wildman–Crippen MR) is 71.5 cm³/mol. The molecule has 1 fully saturated rings. The van der Waals surface area contributed by atoms with E-state index in [9.17, 15) is 4.79 Å². The van der Waals surface area contributed by atoms with Crippen molar-refractivity contribution in [2.75, 3.05) is 26.6 Å². The maximum atomic E-state index is 12.6. The zero-order valence-corrected chi connectivity index (χ0v) is 10.8. The van der Waals surface area contributed by atoms with Crippen LogP contribution in [0.5, 0.6) is 0 Å². The fourth-order valence-corrected chi connectivity index (χ4v) is 2.12. The van der Waals surface area contributed by atoms with E-state index in [1.807, 2.05) is 0 Å². The number of carbonyl (C=O) groups excluding carboxylic acids is 1. The third-order valence-electron chi connectivity index (χ3n) is 3.23. The molecule has 0 spiro atoms. The van der Waals surface area contributed by atoms with E-state index in [1.54, 1.807) is 37.3 Å². The second-order valence-corrected chi connectivity index (χ2v) is 4.40. The molecule has 18 heavy (non-hydrogen) atoms. The molecule has 0 unspecified atom stereocenters. The van der Waals surface area contributed by atoms with Crippen LogP contribution in [0.4, 0.5) is 0 Å². The summed E-state index contributed by atoms with van der Waals surface area (Å²) in [4.78, 5) is 13.7. The van der Waals surface area contributed by atoms with Gasteiger partial charge in [-0.15, -0.1) is 0 Å². The molecule has 3 heteroatoms. The number of likely N-dealkylation sites (tertiary alicyclic amines) is 1. The Labute approximate surface area is 114 Å². The molecule has 2 rings (SSSR count). The molecule has 0 radical (unpaired) electrons. The van der Waals surface area contributed by atoms with Crippen LogP contribution in [-0.4, -0.2) is 37.5 Å². The summed E-state index contributed by atoms with van der Waals surface area (Å²) in [7, 11) is 1.40. The normalized spacial score (nSPS) is 28.3. The average Bonchev–Trinajstić information content (AvgIpc) is 2.45. The van der Waals surface area contributed by atoms with Crippen molar-refractivity contribution in [3.05, 3.63) is 35.9 Å². The van der Waals surface area contributed by atoms with E-state index in [2.05, 4.69) is 0 Å². The summed E-state index contributed by atoms with van der Waals surface area (Å²) in [6, 6.07) is 8.79. The molecule has 0 aliphatic carbocycles. The molecular weight excluding hydrogens is 226 g/mol. The lowest BCUT2D eigenvalue weighted by Crippen LogP contribution is -2.47. The van der Waals surface area contributed by atoms with Crippen LogP contribution >= 0.6 is 0 Å². The van der Waals surface area contributed by atoms with Gasteiger partial charge in [-0.05, 0) is 45.4 Å². The maximum absolute atomic E-state index is 12.6. The number of benzene rings is 1. The van der Waals surface area contributed by atoms with Crippen molar-refractivity contribution in [3.63, 3.8) is 0 Å². The Morgan fingerprint density at radius 3 is 2.56 bits per heavy atom. The zero-order chi connectivity index (χ0) is 16.6. The zero-order valence-electron chi connectivity index (χ0n) is 14.8. The molecule has 1 aliphatic heterocycles. The van der Waals surface area contributed by atoms with Crippen molar-refractivity contribution in [1.29, 1.82) is 0 Å². The summed E-state index contributed by atoms with van der Waals surface area (Å²) in [6.07, 6.45) is -0.280. The SMILES string of the molecule is [2H]C1([2H])CC(C(=O)OCC)(c2ccccc2)CC([2H])([2H])N1C. The first-order chi connectivity index (χ1) is 10.2. The first kappa shape index (κ1) is 8.70. The third-order valence-corrected chi connectivity index (χ3v) is 3.23. The van der Waals surface area contributed by atoms with Crippen LogP contribution in [0.2, 0.25) is 0 Å². The van der Waals surface area contributed by atoms with Gasteiger partial charge in [0.1, 0.15) is 0 Å². The molecule has 0 atom stereocenters. The fraction of sp³-hybridized carbons (Fsp3) is 0.533. The minimum Gasteiger partial charge on any atom is -0.465 e. The number of ether oxygens (including phenoxy) is 1. The number of nitrogens with zero attached hydrogens (tertiary/aromatic N) is 1. The molecule has 0 aromatic heterocycles. The van der Waals surface area contributed by atoms with E-state index in [4.69, 9.17) is 10.2 Å². The van der Waals surface area contributed by atoms with E-state index in [1.165, 1.54) is 7.05 Å². The second-order valence-electron chi connectivity index (χ2n) is 4.40. The minimum atomic E-state index is -1.95.